The van der Waals surface area contributed by atoms with Crippen LogP contribution in [0.4, 0.5) is 11.4 Å². The predicted octanol–water partition coefficient (Wildman–Crippen LogP) is 3.88. The number of benzene rings is 2. The summed E-state index contributed by atoms with van der Waals surface area (Å²) in [4.78, 5) is 11.6. The van der Waals surface area contributed by atoms with Crippen LogP contribution in [0.3, 0.4) is 0 Å². The van der Waals surface area contributed by atoms with Gasteiger partial charge in [0.15, 0.2) is 0 Å². The third-order valence-corrected chi connectivity index (χ3v) is 3.56. The lowest BCUT2D eigenvalue weighted by molar-refractivity contribution is 0.0601. The Balaban J connectivity index is 2.27. The van der Waals surface area contributed by atoms with Crippen LogP contribution < -0.4 is 11.1 Å². The van der Waals surface area contributed by atoms with E-state index in [1.807, 2.05) is 31.2 Å². The van der Waals surface area contributed by atoms with Crippen molar-refractivity contribution < 1.29 is 9.53 Å². The molecule has 0 fully saturated rings. The fourth-order valence-corrected chi connectivity index (χ4v) is 2.36. The highest BCUT2D eigenvalue weighted by molar-refractivity contribution is 6.31. The largest absolute Gasteiger partial charge is 0.465 e. The molecule has 0 saturated heterocycles. The van der Waals surface area contributed by atoms with Gasteiger partial charge in [0.2, 0.25) is 0 Å². The summed E-state index contributed by atoms with van der Waals surface area (Å²) in [5.74, 6) is -0.400. The van der Waals surface area contributed by atoms with Crippen molar-refractivity contribution in [3.8, 4) is 0 Å². The number of ether oxygens (including phenoxy) is 1. The topological polar surface area (TPSA) is 64.3 Å². The van der Waals surface area contributed by atoms with Crippen molar-refractivity contribution >= 4 is 28.9 Å². The van der Waals surface area contributed by atoms with Gasteiger partial charge in [-0.3, -0.25) is 0 Å². The molecule has 110 valence electrons. The van der Waals surface area contributed by atoms with Gasteiger partial charge in [0.25, 0.3) is 0 Å². The van der Waals surface area contributed by atoms with Crippen molar-refractivity contribution in [3.63, 3.8) is 0 Å². The van der Waals surface area contributed by atoms with Gasteiger partial charge in [0.05, 0.1) is 30.1 Å². The van der Waals surface area contributed by atoms with E-state index in [2.05, 4.69) is 5.32 Å². The summed E-state index contributed by atoms with van der Waals surface area (Å²) >= 11 is 6.18. The minimum Gasteiger partial charge on any atom is -0.465 e. The van der Waals surface area contributed by atoms with Crippen molar-refractivity contribution in [1.82, 2.24) is 0 Å². The fourth-order valence-electron chi connectivity index (χ4n) is 2.06. The Kier molecular flexibility index (Phi) is 4.70. The second kappa shape index (κ2) is 6.50. The minimum absolute atomic E-state index is 0.0473. The third kappa shape index (κ3) is 3.47. The molecule has 0 bridgehead atoms. The lowest BCUT2D eigenvalue weighted by Gasteiger charge is -2.18. The summed E-state index contributed by atoms with van der Waals surface area (Å²) in [5, 5.41) is 3.95. The second-order valence-corrected chi connectivity index (χ2v) is 5.09. The molecule has 0 aliphatic rings. The average Bonchev–Trinajstić information content (AvgIpc) is 2.49. The molecule has 2 aromatic rings. The molecule has 4 nitrogen and oxygen atoms in total. The summed E-state index contributed by atoms with van der Waals surface area (Å²) < 4.78 is 4.71. The predicted molar refractivity (Wildman–Crippen MR) is 85.7 cm³/mol. The van der Waals surface area contributed by atoms with Crippen LogP contribution in [0.5, 0.6) is 0 Å². The van der Waals surface area contributed by atoms with Gasteiger partial charge >= 0.3 is 5.97 Å². The first kappa shape index (κ1) is 15.2. The quantitative estimate of drug-likeness (QED) is 0.664. The highest BCUT2D eigenvalue weighted by Crippen LogP contribution is 2.29. The van der Waals surface area contributed by atoms with Crippen molar-refractivity contribution in [2.24, 2.45) is 0 Å². The van der Waals surface area contributed by atoms with Crippen LogP contribution in [0.1, 0.15) is 28.9 Å². The molecule has 1 unspecified atom stereocenters. The van der Waals surface area contributed by atoms with Gasteiger partial charge in [-0.05, 0) is 36.8 Å². The lowest BCUT2D eigenvalue weighted by atomic mass is 10.1. The maximum Gasteiger partial charge on any atom is 0.337 e. The zero-order valence-corrected chi connectivity index (χ0v) is 12.6. The van der Waals surface area contributed by atoms with E-state index in [9.17, 15) is 4.79 Å². The molecule has 0 saturated carbocycles. The molecular formula is C16H17ClN2O2. The van der Waals surface area contributed by atoms with Crippen LogP contribution in [-0.2, 0) is 4.74 Å². The molecule has 0 radical (unpaired) electrons. The number of hydrogen-bond acceptors (Lipinski definition) is 4. The molecule has 0 aliphatic carbocycles. The molecule has 2 aromatic carbocycles. The molecule has 1 atom stereocenters. The Hall–Kier alpha value is -2.20. The Labute approximate surface area is 128 Å². The number of nitrogens with one attached hydrogen (secondary N) is 1. The highest BCUT2D eigenvalue weighted by Gasteiger charge is 2.13. The standard InChI is InChI=1S/C16H17ClN2O2/c1-10(12-5-3-4-6-13(12)17)19-15-9-11(16(20)21-2)7-8-14(15)18/h3-10,19H,18H2,1-2H3. The maximum atomic E-state index is 11.6. The van der Waals surface area contributed by atoms with Crippen LogP contribution in [0.2, 0.25) is 5.02 Å². The number of esters is 1. The number of anilines is 2. The normalized spacial score (nSPS) is 11.8. The molecule has 0 aromatic heterocycles. The van der Waals surface area contributed by atoms with Crippen molar-refractivity contribution in [1.29, 1.82) is 0 Å². The number of carbonyl (C=O) groups excluding carboxylic acids is 1. The second-order valence-electron chi connectivity index (χ2n) is 4.68. The van der Waals surface area contributed by atoms with Crippen molar-refractivity contribution in [3.05, 3.63) is 58.6 Å². The average molecular weight is 305 g/mol. The smallest absolute Gasteiger partial charge is 0.337 e. The maximum absolute atomic E-state index is 11.6. The number of nitrogen functional groups attached to an aromatic ring is 1. The van der Waals surface area contributed by atoms with Gasteiger partial charge in [-0.25, -0.2) is 4.79 Å². The zero-order valence-electron chi connectivity index (χ0n) is 11.9. The summed E-state index contributed by atoms with van der Waals surface area (Å²) in [7, 11) is 1.35. The molecule has 5 heteroatoms. The van der Waals surface area contributed by atoms with Gasteiger partial charge in [0, 0.05) is 5.02 Å². The van der Waals surface area contributed by atoms with Crippen molar-refractivity contribution in [2.75, 3.05) is 18.2 Å². The van der Waals surface area contributed by atoms with E-state index in [0.29, 0.717) is 22.0 Å². The molecule has 2 rings (SSSR count). The molecule has 0 spiro atoms. The van der Waals surface area contributed by atoms with Gasteiger partial charge in [0.1, 0.15) is 0 Å². The van der Waals surface area contributed by atoms with Crippen LogP contribution >= 0.6 is 11.6 Å². The summed E-state index contributed by atoms with van der Waals surface area (Å²) in [6.45, 7) is 1.98. The zero-order chi connectivity index (χ0) is 15.4. The molecule has 0 amide bonds. The van der Waals surface area contributed by atoms with Crippen LogP contribution in [-0.4, -0.2) is 13.1 Å². The number of nitrogens with two attached hydrogens (primary N) is 1. The molecule has 3 N–H and O–H groups in total. The van der Waals surface area contributed by atoms with Crippen LogP contribution in [0.25, 0.3) is 0 Å². The number of carbonyl (C=O) groups is 1. The van der Waals surface area contributed by atoms with Gasteiger partial charge < -0.3 is 15.8 Å². The number of methoxy groups -OCH3 is 1. The molecule has 0 heterocycles. The van der Waals surface area contributed by atoms with Gasteiger partial charge in [-0.15, -0.1) is 0 Å². The first-order chi connectivity index (χ1) is 10.0. The third-order valence-electron chi connectivity index (χ3n) is 3.22. The van der Waals surface area contributed by atoms with E-state index >= 15 is 0 Å². The minimum atomic E-state index is -0.400. The molecule has 21 heavy (non-hydrogen) atoms. The Morgan fingerprint density at radius 2 is 2.00 bits per heavy atom. The SMILES string of the molecule is COC(=O)c1ccc(N)c(NC(C)c2ccccc2Cl)c1. The van der Waals surface area contributed by atoms with E-state index in [-0.39, 0.29) is 6.04 Å². The number of hydrogen-bond donors (Lipinski definition) is 2. The Bertz CT molecular complexity index is 658. The summed E-state index contributed by atoms with van der Waals surface area (Å²) in [6.07, 6.45) is 0. The van der Waals surface area contributed by atoms with Crippen LogP contribution in [0.15, 0.2) is 42.5 Å². The van der Waals surface area contributed by atoms with Gasteiger partial charge in [-0.1, -0.05) is 29.8 Å². The van der Waals surface area contributed by atoms with Gasteiger partial charge in [-0.2, -0.15) is 0 Å². The van der Waals surface area contributed by atoms with E-state index in [4.69, 9.17) is 22.1 Å². The first-order valence-corrected chi connectivity index (χ1v) is 6.89. The van der Waals surface area contributed by atoms with E-state index in [1.54, 1.807) is 18.2 Å². The summed E-state index contributed by atoms with van der Waals surface area (Å²) in [5.41, 5.74) is 8.58. The molecule has 0 aliphatic heterocycles. The van der Waals surface area contributed by atoms with Crippen LogP contribution in [0, 0.1) is 0 Å². The number of rotatable bonds is 4. The Morgan fingerprint density at radius 1 is 1.29 bits per heavy atom. The fraction of sp³-hybridized carbons (Fsp3) is 0.188. The number of halogens is 1. The molecular weight excluding hydrogens is 288 g/mol. The Morgan fingerprint density at radius 3 is 2.67 bits per heavy atom. The highest BCUT2D eigenvalue weighted by atomic mass is 35.5. The monoisotopic (exact) mass is 304 g/mol. The van der Waals surface area contributed by atoms with E-state index in [0.717, 1.165) is 5.56 Å². The lowest BCUT2D eigenvalue weighted by Crippen LogP contribution is -2.10. The first-order valence-electron chi connectivity index (χ1n) is 6.51. The van der Waals surface area contributed by atoms with E-state index < -0.39 is 5.97 Å². The summed E-state index contributed by atoms with van der Waals surface area (Å²) in [6, 6.07) is 12.5. The van der Waals surface area contributed by atoms with Crippen molar-refractivity contribution in [2.45, 2.75) is 13.0 Å². The van der Waals surface area contributed by atoms with E-state index in [1.165, 1.54) is 7.11 Å².